The highest BCUT2D eigenvalue weighted by Gasteiger charge is 2.18. The van der Waals surface area contributed by atoms with Gasteiger partial charge in [0.25, 0.3) is 11.5 Å². The molecule has 0 saturated heterocycles. The molecule has 7 nitrogen and oxygen atoms in total. The molecule has 0 fully saturated rings. The Morgan fingerprint density at radius 3 is 2.61 bits per heavy atom. The maximum Gasteiger partial charge on any atom is 0.280 e. The van der Waals surface area contributed by atoms with Gasteiger partial charge in [0.15, 0.2) is 5.65 Å². The molecule has 33 heavy (non-hydrogen) atoms. The molecule has 2 aromatic carbocycles. The Hall–Kier alpha value is -3.68. The number of nitrogens with one attached hydrogen (secondary N) is 1. The topological polar surface area (TPSA) is 81.3 Å². The molecule has 5 rings (SSSR count). The van der Waals surface area contributed by atoms with Gasteiger partial charge in [-0.1, -0.05) is 60.5 Å². The zero-order valence-electron chi connectivity index (χ0n) is 17.4. The molecular weight excluding hydrogens is 461 g/mol. The Kier molecular flexibility index (Phi) is 5.36. The highest BCUT2D eigenvalue weighted by atomic mass is 35.5. The van der Waals surface area contributed by atoms with Gasteiger partial charge in [-0.15, -0.1) is 0 Å². The van der Waals surface area contributed by atoms with E-state index in [2.05, 4.69) is 10.4 Å². The van der Waals surface area contributed by atoms with E-state index in [1.54, 1.807) is 16.6 Å². The largest absolute Gasteiger partial charge is 0.280 e. The van der Waals surface area contributed by atoms with E-state index in [1.807, 2.05) is 37.3 Å². The summed E-state index contributed by atoms with van der Waals surface area (Å²) >= 11 is 12.0. The summed E-state index contributed by atoms with van der Waals surface area (Å²) in [4.78, 5) is 30.3. The Morgan fingerprint density at radius 2 is 1.88 bits per heavy atom. The first-order chi connectivity index (χ1) is 16.0. The zero-order chi connectivity index (χ0) is 23.1. The van der Waals surface area contributed by atoms with Crippen LogP contribution in [0.1, 0.15) is 23.0 Å². The predicted molar refractivity (Wildman–Crippen MR) is 130 cm³/mol. The third-order valence-electron chi connectivity index (χ3n) is 5.38. The molecule has 9 heteroatoms. The van der Waals surface area contributed by atoms with E-state index in [0.717, 1.165) is 21.5 Å². The number of hydrogen-bond acceptors (Lipinski definition) is 4. The van der Waals surface area contributed by atoms with E-state index in [-0.39, 0.29) is 10.6 Å². The lowest BCUT2D eigenvalue weighted by Crippen LogP contribution is -2.33. The maximum atomic E-state index is 13.1. The number of aromatic nitrogens is 4. The van der Waals surface area contributed by atoms with Crippen molar-refractivity contribution < 1.29 is 4.79 Å². The highest BCUT2D eigenvalue weighted by Crippen LogP contribution is 2.29. The molecule has 0 spiro atoms. The van der Waals surface area contributed by atoms with E-state index in [1.165, 1.54) is 24.5 Å². The van der Waals surface area contributed by atoms with Gasteiger partial charge in [0, 0.05) is 23.0 Å². The average molecular weight is 478 g/mol. The van der Waals surface area contributed by atoms with Gasteiger partial charge in [-0.05, 0) is 36.2 Å². The van der Waals surface area contributed by atoms with Crippen LogP contribution in [-0.2, 0) is 6.42 Å². The predicted octanol–water partition coefficient (Wildman–Crippen LogP) is 4.96. The van der Waals surface area contributed by atoms with Gasteiger partial charge in [0.2, 0.25) is 0 Å². The number of aryl methyl sites for hydroxylation is 1. The molecule has 3 aromatic heterocycles. The fourth-order valence-electron chi connectivity index (χ4n) is 3.79. The first kappa shape index (κ1) is 21.2. The van der Waals surface area contributed by atoms with Crippen molar-refractivity contribution in [2.24, 2.45) is 0 Å². The molecule has 0 aliphatic rings. The first-order valence-electron chi connectivity index (χ1n) is 10.2. The molecule has 1 N–H and O–H groups in total. The number of halogens is 2. The van der Waals surface area contributed by atoms with Gasteiger partial charge >= 0.3 is 0 Å². The van der Waals surface area contributed by atoms with Gasteiger partial charge in [0.1, 0.15) is 0 Å². The van der Waals surface area contributed by atoms with E-state index < -0.39 is 11.5 Å². The Bertz CT molecular complexity index is 1590. The number of carbonyl (C=O) groups is 1. The number of nitrogens with zero attached hydrogens (tertiary/aromatic N) is 4. The molecule has 3 heterocycles. The summed E-state index contributed by atoms with van der Waals surface area (Å²) in [6, 6.07) is 16.1. The third kappa shape index (κ3) is 3.65. The number of pyridine rings is 1. The quantitative estimate of drug-likeness (QED) is 0.396. The Labute approximate surface area is 198 Å². The number of carbonyl (C=O) groups excluding carboxylic acids is 1. The van der Waals surface area contributed by atoms with Crippen LogP contribution in [0.4, 0.5) is 0 Å². The normalized spacial score (nSPS) is 11.2. The SMILES string of the molecule is CCc1nn2c(ncc3c(=O)n(NC(=O)c4ccc(Cl)cc4Cl)ccc32)c1-c1ccccc1. The molecular formula is C24H17Cl2N5O2. The first-order valence-corrected chi connectivity index (χ1v) is 11.0. The minimum Gasteiger partial charge on any atom is -0.267 e. The molecule has 0 radical (unpaired) electrons. The van der Waals surface area contributed by atoms with Crippen molar-refractivity contribution in [1.82, 2.24) is 19.3 Å². The third-order valence-corrected chi connectivity index (χ3v) is 5.93. The van der Waals surface area contributed by atoms with Crippen molar-refractivity contribution in [3.63, 3.8) is 0 Å². The van der Waals surface area contributed by atoms with Gasteiger partial charge in [-0.25, -0.2) is 14.2 Å². The summed E-state index contributed by atoms with van der Waals surface area (Å²) in [6.45, 7) is 2.03. The number of fused-ring (bicyclic) bond motifs is 3. The fourth-order valence-corrected chi connectivity index (χ4v) is 4.29. The van der Waals surface area contributed by atoms with Crippen LogP contribution in [0.3, 0.4) is 0 Å². The van der Waals surface area contributed by atoms with Gasteiger partial charge in [-0.3, -0.25) is 15.0 Å². The van der Waals surface area contributed by atoms with Crippen molar-refractivity contribution in [2.45, 2.75) is 13.3 Å². The van der Waals surface area contributed by atoms with Crippen LogP contribution in [0.5, 0.6) is 0 Å². The number of amides is 1. The lowest BCUT2D eigenvalue weighted by atomic mass is 10.0. The molecule has 0 aliphatic heterocycles. The standard InChI is InChI=1S/C24H17Cl2N5O2/c1-2-19-21(14-6-4-3-5-7-14)22-27-13-17-20(31(22)28-19)10-11-30(24(17)33)29-23(32)16-9-8-15(25)12-18(16)26/h3-13H,2H2,1H3,(H,29,32). The number of benzene rings is 2. The fraction of sp³-hybridized carbons (Fsp3) is 0.0833. The van der Waals surface area contributed by atoms with Crippen LogP contribution in [0.2, 0.25) is 10.0 Å². The average Bonchev–Trinajstić information content (AvgIpc) is 3.20. The van der Waals surface area contributed by atoms with Gasteiger partial charge in [-0.2, -0.15) is 5.10 Å². The summed E-state index contributed by atoms with van der Waals surface area (Å²) in [5.74, 6) is -0.536. The highest BCUT2D eigenvalue weighted by molar-refractivity contribution is 6.37. The van der Waals surface area contributed by atoms with Crippen LogP contribution in [0.15, 0.2) is 71.8 Å². The second-order valence-electron chi connectivity index (χ2n) is 7.39. The van der Waals surface area contributed by atoms with Crippen molar-refractivity contribution in [1.29, 1.82) is 0 Å². The molecule has 0 atom stereocenters. The minimum absolute atomic E-state index is 0.189. The van der Waals surface area contributed by atoms with Crippen LogP contribution in [-0.4, -0.2) is 25.2 Å². The summed E-state index contributed by atoms with van der Waals surface area (Å²) in [5.41, 5.74) is 6.42. The summed E-state index contributed by atoms with van der Waals surface area (Å²) in [6.07, 6.45) is 3.71. The van der Waals surface area contributed by atoms with Gasteiger partial charge < -0.3 is 0 Å². The maximum absolute atomic E-state index is 13.1. The van der Waals surface area contributed by atoms with Crippen molar-refractivity contribution >= 4 is 45.7 Å². The minimum atomic E-state index is -0.536. The molecule has 5 aromatic rings. The van der Waals surface area contributed by atoms with Crippen molar-refractivity contribution in [3.8, 4) is 11.1 Å². The zero-order valence-corrected chi connectivity index (χ0v) is 18.9. The second kappa shape index (κ2) is 8.35. The lowest BCUT2D eigenvalue weighted by Gasteiger charge is -2.11. The number of hydrogen-bond donors (Lipinski definition) is 1. The molecule has 0 unspecified atom stereocenters. The van der Waals surface area contributed by atoms with E-state index in [4.69, 9.17) is 28.3 Å². The number of rotatable bonds is 4. The van der Waals surface area contributed by atoms with Crippen LogP contribution >= 0.6 is 23.2 Å². The van der Waals surface area contributed by atoms with Crippen LogP contribution < -0.4 is 11.0 Å². The van der Waals surface area contributed by atoms with Crippen molar-refractivity contribution in [2.75, 3.05) is 5.43 Å². The summed E-state index contributed by atoms with van der Waals surface area (Å²) in [5, 5.41) is 5.64. The lowest BCUT2D eigenvalue weighted by molar-refractivity contribution is 0.101. The molecule has 1 amide bonds. The Balaban J connectivity index is 1.61. The summed E-state index contributed by atoms with van der Waals surface area (Å²) in [7, 11) is 0. The molecule has 0 bridgehead atoms. The van der Waals surface area contributed by atoms with Crippen molar-refractivity contribution in [3.05, 3.63) is 98.6 Å². The van der Waals surface area contributed by atoms with E-state index >= 15 is 0 Å². The van der Waals surface area contributed by atoms with Crippen LogP contribution in [0, 0.1) is 0 Å². The smallest absolute Gasteiger partial charge is 0.267 e. The van der Waals surface area contributed by atoms with Crippen LogP contribution in [0.25, 0.3) is 27.7 Å². The molecule has 0 saturated carbocycles. The van der Waals surface area contributed by atoms with E-state index in [0.29, 0.717) is 28.0 Å². The molecule has 0 aliphatic carbocycles. The Morgan fingerprint density at radius 1 is 1.09 bits per heavy atom. The molecule has 164 valence electrons. The monoisotopic (exact) mass is 477 g/mol. The second-order valence-corrected chi connectivity index (χ2v) is 8.23. The summed E-state index contributed by atoms with van der Waals surface area (Å²) < 4.78 is 2.78. The van der Waals surface area contributed by atoms with Gasteiger partial charge in [0.05, 0.1) is 27.2 Å². The van der Waals surface area contributed by atoms with E-state index in [9.17, 15) is 9.59 Å².